The first kappa shape index (κ1) is 16.0. The number of hydrogen-bond donors (Lipinski definition) is 0. The molecule has 0 amide bonds. The third-order valence-electron chi connectivity index (χ3n) is 3.83. The molecule has 0 unspecified atom stereocenters. The SMILES string of the molecule is C=CC[C@H]1CC=C[C@@H](C(C)(C)COCc2ccccc2)O1. The van der Waals surface area contributed by atoms with Crippen LogP contribution in [0.2, 0.25) is 0 Å². The molecule has 0 spiro atoms. The van der Waals surface area contributed by atoms with Crippen molar-refractivity contribution in [3.05, 3.63) is 60.7 Å². The van der Waals surface area contributed by atoms with Gasteiger partial charge in [-0.2, -0.15) is 0 Å². The van der Waals surface area contributed by atoms with Crippen LogP contribution < -0.4 is 0 Å². The molecular weight excluding hydrogens is 260 g/mol. The van der Waals surface area contributed by atoms with Gasteiger partial charge < -0.3 is 9.47 Å². The highest BCUT2D eigenvalue weighted by Gasteiger charge is 2.32. The summed E-state index contributed by atoms with van der Waals surface area (Å²) in [5, 5.41) is 0. The molecule has 21 heavy (non-hydrogen) atoms. The highest BCUT2D eigenvalue weighted by atomic mass is 16.5. The lowest BCUT2D eigenvalue weighted by Gasteiger charge is -2.36. The second kappa shape index (κ2) is 7.58. The van der Waals surface area contributed by atoms with Gasteiger partial charge >= 0.3 is 0 Å². The number of hydrogen-bond acceptors (Lipinski definition) is 2. The number of rotatable bonds is 7. The van der Waals surface area contributed by atoms with Crippen molar-refractivity contribution >= 4 is 0 Å². The molecule has 0 saturated heterocycles. The lowest BCUT2D eigenvalue weighted by Crippen LogP contribution is -2.39. The van der Waals surface area contributed by atoms with E-state index in [1.807, 2.05) is 24.3 Å². The maximum atomic E-state index is 6.16. The molecule has 2 heteroatoms. The Balaban J connectivity index is 1.84. The van der Waals surface area contributed by atoms with Gasteiger partial charge in [0, 0.05) is 5.41 Å². The molecule has 0 saturated carbocycles. The minimum absolute atomic E-state index is 0.0366. The van der Waals surface area contributed by atoms with Gasteiger partial charge in [0.15, 0.2) is 0 Å². The van der Waals surface area contributed by atoms with Crippen LogP contribution in [-0.4, -0.2) is 18.8 Å². The minimum Gasteiger partial charge on any atom is -0.376 e. The van der Waals surface area contributed by atoms with Crippen molar-refractivity contribution in [2.45, 2.75) is 45.5 Å². The van der Waals surface area contributed by atoms with Crippen LogP contribution in [-0.2, 0) is 16.1 Å². The Labute approximate surface area is 128 Å². The van der Waals surface area contributed by atoms with Crippen molar-refractivity contribution in [3.8, 4) is 0 Å². The van der Waals surface area contributed by atoms with Gasteiger partial charge in [-0.15, -0.1) is 6.58 Å². The van der Waals surface area contributed by atoms with Crippen LogP contribution in [0.5, 0.6) is 0 Å². The average Bonchev–Trinajstić information content (AvgIpc) is 2.49. The van der Waals surface area contributed by atoms with Crippen LogP contribution >= 0.6 is 0 Å². The van der Waals surface area contributed by atoms with Crippen LogP contribution in [0.1, 0.15) is 32.3 Å². The highest BCUT2D eigenvalue weighted by Crippen LogP contribution is 2.30. The van der Waals surface area contributed by atoms with Gasteiger partial charge in [0.25, 0.3) is 0 Å². The molecule has 1 heterocycles. The summed E-state index contributed by atoms with van der Waals surface area (Å²) in [4.78, 5) is 0. The van der Waals surface area contributed by atoms with Gasteiger partial charge in [0.1, 0.15) is 0 Å². The van der Waals surface area contributed by atoms with Gasteiger partial charge in [-0.3, -0.25) is 0 Å². The van der Waals surface area contributed by atoms with Crippen LogP contribution in [0.3, 0.4) is 0 Å². The normalized spacial score (nSPS) is 22.2. The lowest BCUT2D eigenvalue weighted by molar-refractivity contribution is -0.0810. The van der Waals surface area contributed by atoms with E-state index < -0.39 is 0 Å². The number of ether oxygens (including phenoxy) is 2. The standard InChI is InChI=1S/C19H26O2/c1-4-9-17-12-8-13-18(21-17)19(2,3)15-20-14-16-10-6-5-7-11-16/h4-8,10-11,13,17-18H,1,9,12,14-15H2,2-3H3/t17-,18-/m0/s1. The Morgan fingerprint density at radius 1 is 1.33 bits per heavy atom. The summed E-state index contributed by atoms with van der Waals surface area (Å²) >= 11 is 0. The Morgan fingerprint density at radius 2 is 2.10 bits per heavy atom. The first-order chi connectivity index (χ1) is 10.1. The van der Waals surface area contributed by atoms with E-state index in [1.165, 1.54) is 5.56 Å². The zero-order chi connectivity index (χ0) is 15.1. The summed E-state index contributed by atoms with van der Waals surface area (Å²) in [6.07, 6.45) is 8.57. The summed E-state index contributed by atoms with van der Waals surface area (Å²) in [6, 6.07) is 10.3. The Hall–Kier alpha value is -1.38. The third-order valence-corrected chi connectivity index (χ3v) is 3.83. The topological polar surface area (TPSA) is 18.5 Å². The van der Waals surface area contributed by atoms with Crippen molar-refractivity contribution in [1.82, 2.24) is 0 Å². The van der Waals surface area contributed by atoms with E-state index in [-0.39, 0.29) is 17.6 Å². The third kappa shape index (κ3) is 4.83. The Bertz CT molecular complexity index is 462. The number of benzene rings is 1. The first-order valence-corrected chi connectivity index (χ1v) is 7.66. The fraction of sp³-hybridized carbons (Fsp3) is 0.474. The van der Waals surface area contributed by atoms with Gasteiger partial charge in [-0.25, -0.2) is 0 Å². The van der Waals surface area contributed by atoms with Crippen LogP contribution in [0.4, 0.5) is 0 Å². The lowest BCUT2D eigenvalue weighted by atomic mass is 9.85. The Kier molecular flexibility index (Phi) is 5.77. The van der Waals surface area contributed by atoms with Gasteiger partial charge in [-0.1, -0.05) is 62.4 Å². The smallest absolute Gasteiger partial charge is 0.0832 e. The summed E-state index contributed by atoms with van der Waals surface area (Å²) in [6.45, 7) is 9.52. The van der Waals surface area contributed by atoms with Crippen molar-refractivity contribution < 1.29 is 9.47 Å². The Morgan fingerprint density at radius 3 is 2.81 bits per heavy atom. The molecule has 2 nitrogen and oxygen atoms in total. The van der Waals surface area contributed by atoms with E-state index in [0.717, 1.165) is 12.8 Å². The molecule has 0 aromatic heterocycles. The van der Waals surface area contributed by atoms with Gasteiger partial charge in [-0.05, 0) is 18.4 Å². The largest absolute Gasteiger partial charge is 0.376 e. The van der Waals surface area contributed by atoms with Crippen LogP contribution in [0.15, 0.2) is 55.1 Å². The molecule has 2 atom stereocenters. The highest BCUT2D eigenvalue weighted by molar-refractivity contribution is 5.13. The summed E-state index contributed by atoms with van der Waals surface area (Å²) < 4.78 is 12.1. The molecule has 0 fully saturated rings. The quantitative estimate of drug-likeness (QED) is 0.686. The molecule has 2 rings (SSSR count). The van der Waals surface area contributed by atoms with Crippen LogP contribution in [0.25, 0.3) is 0 Å². The average molecular weight is 286 g/mol. The zero-order valence-corrected chi connectivity index (χ0v) is 13.1. The predicted molar refractivity (Wildman–Crippen MR) is 87.1 cm³/mol. The molecule has 1 aromatic rings. The summed E-state index contributed by atoms with van der Waals surface area (Å²) in [5.41, 5.74) is 1.17. The van der Waals surface area contributed by atoms with Gasteiger partial charge in [0.05, 0.1) is 25.4 Å². The second-order valence-corrected chi connectivity index (χ2v) is 6.33. The van der Waals surface area contributed by atoms with Crippen molar-refractivity contribution in [3.63, 3.8) is 0 Å². The fourth-order valence-corrected chi connectivity index (χ4v) is 2.53. The molecule has 1 aromatic carbocycles. The second-order valence-electron chi connectivity index (χ2n) is 6.33. The maximum Gasteiger partial charge on any atom is 0.0832 e. The van der Waals surface area contributed by atoms with Crippen molar-refractivity contribution in [2.24, 2.45) is 5.41 Å². The van der Waals surface area contributed by atoms with Crippen molar-refractivity contribution in [1.29, 1.82) is 0 Å². The van der Waals surface area contributed by atoms with E-state index >= 15 is 0 Å². The van der Waals surface area contributed by atoms with Gasteiger partial charge in [0.2, 0.25) is 0 Å². The maximum absolute atomic E-state index is 6.16. The van der Waals surface area contributed by atoms with E-state index in [4.69, 9.17) is 9.47 Å². The molecular formula is C19H26O2. The monoisotopic (exact) mass is 286 g/mol. The predicted octanol–water partition coefficient (Wildman–Crippen LogP) is 4.52. The summed E-state index contributed by atoms with van der Waals surface area (Å²) in [7, 11) is 0. The molecule has 0 aliphatic carbocycles. The zero-order valence-electron chi connectivity index (χ0n) is 13.1. The molecule has 0 N–H and O–H groups in total. The van der Waals surface area contributed by atoms with Crippen molar-refractivity contribution in [2.75, 3.05) is 6.61 Å². The summed E-state index contributed by atoms with van der Waals surface area (Å²) in [5.74, 6) is 0. The molecule has 0 radical (unpaired) electrons. The van der Waals surface area contributed by atoms with E-state index in [1.54, 1.807) is 0 Å². The molecule has 1 aliphatic rings. The van der Waals surface area contributed by atoms with E-state index in [2.05, 4.69) is 44.7 Å². The van der Waals surface area contributed by atoms with Crippen LogP contribution in [0, 0.1) is 5.41 Å². The molecule has 1 aliphatic heterocycles. The minimum atomic E-state index is -0.0366. The van der Waals surface area contributed by atoms with E-state index in [0.29, 0.717) is 13.2 Å². The molecule has 0 bridgehead atoms. The fourth-order valence-electron chi connectivity index (χ4n) is 2.53. The molecule has 114 valence electrons. The van der Waals surface area contributed by atoms with E-state index in [9.17, 15) is 0 Å². The first-order valence-electron chi connectivity index (χ1n) is 7.66.